The summed E-state index contributed by atoms with van der Waals surface area (Å²) in [6.07, 6.45) is 0. The van der Waals surface area contributed by atoms with E-state index in [2.05, 4.69) is 19.2 Å². The zero-order valence-electron chi connectivity index (χ0n) is 5.07. The smallest absolute Gasteiger partial charge is 0.0161 e. The predicted molar refractivity (Wildman–Crippen MR) is 32.2 cm³/mol. The first kappa shape index (κ1) is 6.92. The van der Waals surface area contributed by atoms with Gasteiger partial charge >= 0.3 is 0 Å². The largest absolute Gasteiger partial charge is 0.329 e. The summed E-state index contributed by atoms with van der Waals surface area (Å²) in [7, 11) is 0. The van der Waals surface area contributed by atoms with E-state index in [-0.39, 0.29) is 0 Å². The summed E-state index contributed by atoms with van der Waals surface area (Å²) in [5, 5.41) is 3.17. The fourth-order valence-corrected chi connectivity index (χ4v) is 0.432. The van der Waals surface area contributed by atoms with Crippen molar-refractivity contribution in [2.75, 3.05) is 13.1 Å². The van der Waals surface area contributed by atoms with Gasteiger partial charge in [-0.3, -0.25) is 0 Å². The summed E-state index contributed by atoms with van der Waals surface area (Å²) in [6.45, 7) is 5.89. The molecule has 2 nitrogen and oxygen atoms in total. The molecule has 44 valence electrons. The molecule has 0 aromatic carbocycles. The van der Waals surface area contributed by atoms with Crippen LogP contribution in [-0.2, 0) is 0 Å². The van der Waals surface area contributed by atoms with Crippen molar-refractivity contribution in [3.05, 3.63) is 0 Å². The van der Waals surface area contributed by atoms with Crippen LogP contribution in [0.25, 0.3) is 0 Å². The topological polar surface area (TPSA) is 38.0 Å². The van der Waals surface area contributed by atoms with Gasteiger partial charge in [0.05, 0.1) is 0 Å². The quantitative estimate of drug-likeness (QED) is 0.524. The third kappa shape index (κ3) is 3.76. The average molecular weight is 102 g/mol. The summed E-state index contributed by atoms with van der Waals surface area (Å²) in [5.74, 6) is 0. The molecule has 0 aliphatic heterocycles. The van der Waals surface area contributed by atoms with E-state index >= 15 is 0 Å². The van der Waals surface area contributed by atoms with Crippen LogP contribution in [0.2, 0.25) is 0 Å². The zero-order chi connectivity index (χ0) is 5.70. The van der Waals surface area contributed by atoms with Crippen molar-refractivity contribution >= 4 is 0 Å². The van der Waals surface area contributed by atoms with Gasteiger partial charge < -0.3 is 11.1 Å². The molecule has 0 aromatic rings. The normalized spacial score (nSPS) is 14.1. The van der Waals surface area contributed by atoms with Crippen molar-refractivity contribution < 1.29 is 0 Å². The van der Waals surface area contributed by atoms with Crippen molar-refractivity contribution in [3.63, 3.8) is 0 Å². The summed E-state index contributed by atoms with van der Waals surface area (Å²) in [6, 6.07) is 0.477. The second kappa shape index (κ2) is 4.09. The van der Waals surface area contributed by atoms with Crippen LogP contribution in [0.5, 0.6) is 0 Å². The van der Waals surface area contributed by atoms with E-state index in [1.807, 2.05) is 0 Å². The minimum Gasteiger partial charge on any atom is -0.329 e. The lowest BCUT2D eigenvalue weighted by molar-refractivity contribution is 0.577. The van der Waals surface area contributed by atoms with E-state index in [1.54, 1.807) is 0 Å². The molecular formula is C5H14N2. The maximum atomic E-state index is 5.30. The van der Waals surface area contributed by atoms with Gasteiger partial charge in [-0.15, -0.1) is 0 Å². The van der Waals surface area contributed by atoms with Crippen LogP contribution in [0.15, 0.2) is 0 Å². The van der Waals surface area contributed by atoms with Gasteiger partial charge in [0.2, 0.25) is 0 Å². The summed E-state index contributed by atoms with van der Waals surface area (Å²) >= 11 is 0. The molecule has 0 amide bonds. The van der Waals surface area contributed by atoms with Gasteiger partial charge in [0.15, 0.2) is 0 Å². The lowest BCUT2D eigenvalue weighted by atomic mass is 10.3. The third-order valence-electron chi connectivity index (χ3n) is 0.906. The molecule has 0 rings (SSSR count). The molecule has 0 saturated carbocycles. The van der Waals surface area contributed by atoms with E-state index in [9.17, 15) is 0 Å². The summed E-state index contributed by atoms with van der Waals surface area (Å²) in [4.78, 5) is 0. The van der Waals surface area contributed by atoms with Gasteiger partial charge in [0, 0.05) is 12.6 Å². The van der Waals surface area contributed by atoms with Crippen LogP contribution in [0.3, 0.4) is 0 Å². The first-order valence-corrected chi connectivity index (χ1v) is 2.74. The Labute approximate surface area is 45.1 Å². The van der Waals surface area contributed by atoms with Crippen molar-refractivity contribution in [1.82, 2.24) is 5.32 Å². The molecule has 0 spiro atoms. The minimum absolute atomic E-state index is 0.477. The Kier molecular flexibility index (Phi) is 4.04. The fourth-order valence-electron chi connectivity index (χ4n) is 0.432. The number of nitrogens with two attached hydrogens (primary N) is 1. The maximum Gasteiger partial charge on any atom is 0.0161 e. The maximum absolute atomic E-state index is 5.30. The van der Waals surface area contributed by atoms with Crippen LogP contribution < -0.4 is 11.1 Å². The van der Waals surface area contributed by atoms with Crippen LogP contribution in [-0.4, -0.2) is 19.1 Å². The lowest BCUT2D eigenvalue weighted by Crippen LogP contribution is -2.32. The minimum atomic E-state index is 0.477. The molecule has 7 heavy (non-hydrogen) atoms. The highest BCUT2D eigenvalue weighted by Crippen LogP contribution is 1.71. The fraction of sp³-hybridized carbons (Fsp3) is 1.00. The molecule has 0 aromatic heterocycles. The summed E-state index contributed by atoms with van der Waals surface area (Å²) in [5.41, 5.74) is 5.30. The van der Waals surface area contributed by atoms with Crippen molar-refractivity contribution in [2.24, 2.45) is 5.73 Å². The van der Waals surface area contributed by atoms with Crippen LogP contribution in [0, 0.1) is 0 Å². The highest BCUT2D eigenvalue weighted by molar-refractivity contribution is 4.56. The van der Waals surface area contributed by atoms with Gasteiger partial charge in [-0.1, -0.05) is 6.92 Å². The van der Waals surface area contributed by atoms with Crippen LogP contribution in [0.1, 0.15) is 13.8 Å². The third-order valence-corrected chi connectivity index (χ3v) is 0.906. The number of nitrogens with one attached hydrogen (secondary N) is 1. The Balaban J connectivity index is 2.83. The van der Waals surface area contributed by atoms with E-state index in [0.717, 1.165) is 13.1 Å². The molecule has 0 saturated heterocycles. The number of hydrogen-bond donors (Lipinski definition) is 2. The molecular weight excluding hydrogens is 88.1 g/mol. The van der Waals surface area contributed by atoms with Gasteiger partial charge in [0.1, 0.15) is 0 Å². The molecule has 0 fully saturated rings. The standard InChI is InChI=1S/C5H14N2/c1-3-7-5(2)4-6/h5,7H,3-4,6H2,1-2H3/t5-/m1/s1. The van der Waals surface area contributed by atoms with E-state index < -0.39 is 0 Å². The van der Waals surface area contributed by atoms with E-state index in [0.29, 0.717) is 6.04 Å². The molecule has 0 aliphatic rings. The molecule has 0 bridgehead atoms. The second-order valence-electron chi connectivity index (χ2n) is 1.69. The predicted octanol–water partition coefficient (Wildman–Crippen LogP) is -0.0569. The van der Waals surface area contributed by atoms with Gasteiger partial charge in [-0.05, 0) is 13.5 Å². The Morgan fingerprint density at radius 3 is 2.43 bits per heavy atom. The molecule has 0 unspecified atom stereocenters. The molecule has 2 heteroatoms. The van der Waals surface area contributed by atoms with Crippen LogP contribution >= 0.6 is 0 Å². The first-order chi connectivity index (χ1) is 3.31. The highest BCUT2D eigenvalue weighted by Gasteiger charge is 1.90. The Bertz CT molecular complexity index is 37.1. The van der Waals surface area contributed by atoms with Crippen molar-refractivity contribution in [1.29, 1.82) is 0 Å². The zero-order valence-corrected chi connectivity index (χ0v) is 5.07. The summed E-state index contributed by atoms with van der Waals surface area (Å²) < 4.78 is 0. The molecule has 0 heterocycles. The highest BCUT2D eigenvalue weighted by atomic mass is 14.9. The first-order valence-electron chi connectivity index (χ1n) is 2.74. The average Bonchev–Trinajstić information content (AvgIpc) is 1.68. The number of hydrogen-bond acceptors (Lipinski definition) is 2. The van der Waals surface area contributed by atoms with Crippen molar-refractivity contribution in [3.8, 4) is 0 Å². The Morgan fingerprint density at radius 1 is 1.71 bits per heavy atom. The molecule has 0 aliphatic carbocycles. The SMILES string of the molecule is CCN[C@H](C)CN. The van der Waals surface area contributed by atoms with Gasteiger partial charge in [-0.25, -0.2) is 0 Å². The van der Waals surface area contributed by atoms with Crippen molar-refractivity contribution in [2.45, 2.75) is 19.9 Å². The lowest BCUT2D eigenvalue weighted by Gasteiger charge is -2.06. The number of likely N-dealkylation sites (N-methyl/N-ethyl adjacent to an activating group) is 1. The monoisotopic (exact) mass is 102 g/mol. The Hall–Kier alpha value is -0.0800. The van der Waals surface area contributed by atoms with Gasteiger partial charge in [0.25, 0.3) is 0 Å². The molecule has 0 radical (unpaired) electrons. The Morgan fingerprint density at radius 2 is 2.29 bits per heavy atom. The number of rotatable bonds is 3. The van der Waals surface area contributed by atoms with E-state index in [1.165, 1.54) is 0 Å². The molecule has 3 N–H and O–H groups in total. The van der Waals surface area contributed by atoms with Crippen LogP contribution in [0.4, 0.5) is 0 Å². The molecule has 1 atom stereocenters. The van der Waals surface area contributed by atoms with E-state index in [4.69, 9.17) is 5.73 Å². The second-order valence-corrected chi connectivity index (χ2v) is 1.69. The van der Waals surface area contributed by atoms with Gasteiger partial charge in [-0.2, -0.15) is 0 Å².